The Labute approximate surface area is 154 Å². The standard InChI is InChI=1S/C21H25NO4/c1-3-5-12-25-20(24)17-16-10-11-21(26-16)13-22(19(23)18(17)21)15-9-7-6-8-14(15)4-2/h6-11,16-18H,3-5,12-13H2,1-2H3/t16-,17+,18+,21-/m1/s1. The van der Waals surface area contributed by atoms with Crippen molar-refractivity contribution in [3.8, 4) is 0 Å². The van der Waals surface area contributed by atoms with Crippen LogP contribution in [0.1, 0.15) is 32.3 Å². The van der Waals surface area contributed by atoms with Crippen molar-refractivity contribution in [1.82, 2.24) is 0 Å². The highest BCUT2D eigenvalue weighted by molar-refractivity contribution is 6.03. The van der Waals surface area contributed by atoms with Gasteiger partial charge >= 0.3 is 5.97 Å². The molecule has 26 heavy (non-hydrogen) atoms. The van der Waals surface area contributed by atoms with Crippen molar-refractivity contribution in [2.75, 3.05) is 18.1 Å². The lowest BCUT2D eigenvalue weighted by molar-refractivity contribution is -0.152. The Kier molecular flexibility index (Phi) is 4.35. The first-order valence-corrected chi connectivity index (χ1v) is 9.54. The zero-order chi connectivity index (χ0) is 18.3. The van der Waals surface area contributed by atoms with Gasteiger partial charge in [-0.1, -0.05) is 50.6 Å². The number of benzene rings is 1. The molecule has 2 bridgehead atoms. The van der Waals surface area contributed by atoms with Crippen molar-refractivity contribution in [2.24, 2.45) is 11.8 Å². The summed E-state index contributed by atoms with van der Waals surface area (Å²) >= 11 is 0. The molecule has 0 aliphatic carbocycles. The summed E-state index contributed by atoms with van der Waals surface area (Å²) in [5.41, 5.74) is 1.34. The number of esters is 1. The van der Waals surface area contributed by atoms with Crippen LogP contribution < -0.4 is 4.90 Å². The first kappa shape index (κ1) is 17.3. The maximum Gasteiger partial charge on any atom is 0.312 e. The highest BCUT2D eigenvalue weighted by atomic mass is 16.6. The summed E-state index contributed by atoms with van der Waals surface area (Å²) in [5.74, 6) is -1.37. The van der Waals surface area contributed by atoms with E-state index >= 15 is 0 Å². The number of amides is 1. The topological polar surface area (TPSA) is 55.8 Å². The second kappa shape index (κ2) is 6.54. The maximum absolute atomic E-state index is 13.3. The average molecular weight is 355 g/mol. The molecule has 0 unspecified atom stereocenters. The number of carbonyl (C=O) groups is 2. The molecule has 0 N–H and O–H groups in total. The van der Waals surface area contributed by atoms with Crippen molar-refractivity contribution >= 4 is 17.6 Å². The van der Waals surface area contributed by atoms with Gasteiger partial charge < -0.3 is 14.4 Å². The Morgan fingerprint density at radius 1 is 1.35 bits per heavy atom. The lowest BCUT2D eigenvalue weighted by Crippen LogP contribution is -2.40. The molecule has 1 aromatic carbocycles. The molecule has 2 fully saturated rings. The first-order valence-electron chi connectivity index (χ1n) is 9.54. The molecule has 1 spiro atoms. The van der Waals surface area contributed by atoms with Crippen LogP contribution in [-0.2, 0) is 25.5 Å². The minimum Gasteiger partial charge on any atom is -0.465 e. The van der Waals surface area contributed by atoms with Gasteiger partial charge in [-0.3, -0.25) is 9.59 Å². The Bertz CT molecular complexity index is 758. The second-order valence-corrected chi connectivity index (χ2v) is 7.33. The van der Waals surface area contributed by atoms with E-state index in [-0.39, 0.29) is 18.0 Å². The fraction of sp³-hybridized carbons (Fsp3) is 0.524. The number of para-hydroxylation sites is 1. The molecule has 0 aromatic heterocycles. The Morgan fingerprint density at radius 3 is 2.92 bits per heavy atom. The summed E-state index contributed by atoms with van der Waals surface area (Å²) in [6.45, 7) is 4.99. The van der Waals surface area contributed by atoms with E-state index in [1.165, 1.54) is 0 Å². The Balaban J connectivity index is 1.62. The Morgan fingerprint density at radius 2 is 2.15 bits per heavy atom. The first-order chi connectivity index (χ1) is 12.6. The van der Waals surface area contributed by atoms with E-state index < -0.39 is 17.4 Å². The molecule has 138 valence electrons. The molecule has 0 saturated carbocycles. The molecule has 5 nitrogen and oxygen atoms in total. The van der Waals surface area contributed by atoms with Crippen LogP contribution in [0.5, 0.6) is 0 Å². The molecule has 3 aliphatic rings. The fourth-order valence-corrected chi connectivity index (χ4v) is 4.46. The van der Waals surface area contributed by atoms with Crippen LogP contribution in [-0.4, -0.2) is 36.7 Å². The van der Waals surface area contributed by atoms with Crippen LogP contribution in [0.2, 0.25) is 0 Å². The number of nitrogens with zero attached hydrogens (tertiary/aromatic N) is 1. The van der Waals surface area contributed by atoms with Gasteiger partial charge in [0.1, 0.15) is 11.5 Å². The van der Waals surface area contributed by atoms with Gasteiger partial charge in [-0.2, -0.15) is 0 Å². The van der Waals surface area contributed by atoms with Crippen molar-refractivity contribution in [3.63, 3.8) is 0 Å². The smallest absolute Gasteiger partial charge is 0.312 e. The van der Waals surface area contributed by atoms with Crippen LogP contribution in [0.3, 0.4) is 0 Å². The molecule has 2 saturated heterocycles. The molecule has 1 aromatic rings. The molecule has 5 heteroatoms. The molecular weight excluding hydrogens is 330 g/mol. The maximum atomic E-state index is 13.3. The quantitative estimate of drug-likeness (QED) is 0.447. The lowest BCUT2D eigenvalue weighted by Gasteiger charge is -2.23. The minimum atomic E-state index is -0.697. The minimum absolute atomic E-state index is 0.0322. The highest BCUT2D eigenvalue weighted by Gasteiger charge is 2.67. The molecule has 1 amide bonds. The number of ether oxygens (including phenoxy) is 2. The van der Waals surface area contributed by atoms with Crippen molar-refractivity contribution in [2.45, 2.75) is 44.8 Å². The number of fused-ring (bicyclic) bond motifs is 1. The molecule has 4 atom stereocenters. The molecule has 3 aliphatic heterocycles. The summed E-state index contributed by atoms with van der Waals surface area (Å²) in [6, 6.07) is 7.94. The number of aryl methyl sites for hydroxylation is 1. The fourth-order valence-electron chi connectivity index (χ4n) is 4.46. The van der Waals surface area contributed by atoms with E-state index in [9.17, 15) is 9.59 Å². The predicted octanol–water partition coefficient (Wildman–Crippen LogP) is 2.88. The van der Waals surface area contributed by atoms with Crippen molar-refractivity contribution < 1.29 is 19.1 Å². The van der Waals surface area contributed by atoms with E-state index in [1.807, 2.05) is 36.4 Å². The summed E-state index contributed by atoms with van der Waals surface area (Å²) in [4.78, 5) is 27.7. The van der Waals surface area contributed by atoms with Crippen molar-refractivity contribution in [3.05, 3.63) is 42.0 Å². The number of hydrogen-bond acceptors (Lipinski definition) is 4. The molecule has 0 radical (unpaired) electrons. The summed E-state index contributed by atoms with van der Waals surface area (Å²) in [6.07, 6.45) is 6.20. The summed E-state index contributed by atoms with van der Waals surface area (Å²) < 4.78 is 11.6. The highest BCUT2D eigenvalue weighted by Crippen LogP contribution is 2.53. The zero-order valence-corrected chi connectivity index (χ0v) is 15.3. The van der Waals surface area contributed by atoms with Crippen LogP contribution in [0, 0.1) is 11.8 Å². The third-order valence-electron chi connectivity index (χ3n) is 5.78. The lowest BCUT2D eigenvalue weighted by atomic mass is 9.77. The van der Waals surface area contributed by atoms with Gasteiger partial charge in [0.2, 0.25) is 5.91 Å². The van der Waals surface area contributed by atoms with Crippen LogP contribution in [0.4, 0.5) is 5.69 Å². The SMILES string of the molecule is CCCCOC(=O)[C@@H]1[C@H]2C(=O)N(c3ccccc3CC)C[C@]23C=C[C@H]1O3. The van der Waals surface area contributed by atoms with E-state index in [2.05, 4.69) is 13.8 Å². The molecular formula is C21H25NO4. The third-order valence-corrected chi connectivity index (χ3v) is 5.78. The Hall–Kier alpha value is -2.14. The van der Waals surface area contributed by atoms with Crippen molar-refractivity contribution in [1.29, 1.82) is 0 Å². The van der Waals surface area contributed by atoms with E-state index in [1.54, 1.807) is 4.90 Å². The van der Waals surface area contributed by atoms with Crippen LogP contribution in [0.15, 0.2) is 36.4 Å². The number of hydrogen-bond donors (Lipinski definition) is 0. The van der Waals surface area contributed by atoms with Crippen LogP contribution in [0.25, 0.3) is 0 Å². The molecule has 4 rings (SSSR count). The van der Waals surface area contributed by atoms with Gasteiger partial charge in [0.05, 0.1) is 25.2 Å². The van der Waals surface area contributed by atoms with Gasteiger partial charge in [0, 0.05) is 5.69 Å². The zero-order valence-electron chi connectivity index (χ0n) is 15.3. The van der Waals surface area contributed by atoms with Gasteiger partial charge in [-0.25, -0.2) is 0 Å². The van der Waals surface area contributed by atoms with Gasteiger partial charge in [0.25, 0.3) is 0 Å². The van der Waals surface area contributed by atoms with Gasteiger partial charge in [-0.15, -0.1) is 0 Å². The van der Waals surface area contributed by atoms with E-state index in [0.717, 1.165) is 30.5 Å². The van der Waals surface area contributed by atoms with Crippen LogP contribution >= 0.6 is 0 Å². The third kappa shape index (κ3) is 2.49. The van der Waals surface area contributed by atoms with E-state index in [0.29, 0.717) is 13.2 Å². The van der Waals surface area contributed by atoms with Gasteiger partial charge in [0.15, 0.2) is 0 Å². The number of rotatable bonds is 6. The van der Waals surface area contributed by atoms with Gasteiger partial charge in [-0.05, 0) is 24.5 Å². The normalized spacial score (nSPS) is 31.5. The predicted molar refractivity (Wildman–Crippen MR) is 97.8 cm³/mol. The monoisotopic (exact) mass is 355 g/mol. The number of carbonyl (C=O) groups excluding carboxylic acids is 2. The molecule has 3 heterocycles. The number of anilines is 1. The largest absolute Gasteiger partial charge is 0.465 e. The van der Waals surface area contributed by atoms with E-state index in [4.69, 9.17) is 9.47 Å². The second-order valence-electron chi connectivity index (χ2n) is 7.33. The average Bonchev–Trinajstić information content (AvgIpc) is 3.30. The summed E-state index contributed by atoms with van der Waals surface area (Å²) in [7, 11) is 0. The number of unbranched alkanes of at least 4 members (excludes halogenated alkanes) is 1. The summed E-state index contributed by atoms with van der Waals surface area (Å²) in [5, 5.41) is 0.